The van der Waals surface area contributed by atoms with Crippen molar-refractivity contribution in [2.45, 2.75) is 57.2 Å². The Kier molecular flexibility index (Phi) is 5.15. The fraction of sp³-hybridized carbons (Fsp3) is 0.667. The molecule has 0 spiro atoms. The van der Waals surface area contributed by atoms with E-state index in [1.165, 1.54) is 56.4 Å². The standard InChI is InChI=1S/C18H28N2O/c1-21-17-9-6-8-16(13-17)19-18-10-3-2-7-15(18)14-20-11-4-5-12-20/h2-3,7,10,16-17,19H,4-6,8-9,11-14H2,1H3. The molecule has 2 atom stereocenters. The SMILES string of the molecule is COC1CCCC(Nc2ccccc2CN2CCCC2)C1. The maximum atomic E-state index is 5.55. The highest BCUT2D eigenvalue weighted by Crippen LogP contribution is 2.26. The van der Waals surface area contributed by atoms with Gasteiger partial charge in [-0.1, -0.05) is 18.2 Å². The van der Waals surface area contributed by atoms with Crippen molar-refractivity contribution < 1.29 is 4.74 Å². The molecule has 1 aromatic rings. The molecule has 1 heterocycles. The van der Waals surface area contributed by atoms with Crippen LogP contribution in [0, 0.1) is 0 Å². The number of ether oxygens (including phenoxy) is 1. The van der Waals surface area contributed by atoms with Crippen LogP contribution in [-0.2, 0) is 11.3 Å². The Morgan fingerprint density at radius 3 is 2.76 bits per heavy atom. The van der Waals surface area contributed by atoms with E-state index in [1.807, 2.05) is 7.11 Å². The van der Waals surface area contributed by atoms with Gasteiger partial charge in [0.25, 0.3) is 0 Å². The molecule has 2 unspecified atom stereocenters. The molecule has 21 heavy (non-hydrogen) atoms. The van der Waals surface area contributed by atoms with Crippen molar-refractivity contribution >= 4 is 5.69 Å². The van der Waals surface area contributed by atoms with E-state index in [0.717, 1.165) is 13.0 Å². The Balaban J connectivity index is 1.64. The van der Waals surface area contributed by atoms with Gasteiger partial charge < -0.3 is 10.1 Å². The van der Waals surface area contributed by atoms with Crippen LogP contribution in [0.2, 0.25) is 0 Å². The van der Waals surface area contributed by atoms with E-state index < -0.39 is 0 Å². The number of hydrogen-bond donors (Lipinski definition) is 1. The maximum Gasteiger partial charge on any atom is 0.0590 e. The summed E-state index contributed by atoms with van der Waals surface area (Å²) < 4.78 is 5.55. The highest BCUT2D eigenvalue weighted by atomic mass is 16.5. The average molecular weight is 288 g/mol. The van der Waals surface area contributed by atoms with Gasteiger partial charge in [0, 0.05) is 25.4 Å². The topological polar surface area (TPSA) is 24.5 Å². The van der Waals surface area contributed by atoms with Crippen LogP contribution >= 0.6 is 0 Å². The van der Waals surface area contributed by atoms with Crippen molar-refractivity contribution in [1.29, 1.82) is 0 Å². The van der Waals surface area contributed by atoms with Crippen molar-refractivity contribution in [2.75, 3.05) is 25.5 Å². The first-order valence-electron chi connectivity index (χ1n) is 8.45. The second kappa shape index (κ2) is 7.28. The summed E-state index contributed by atoms with van der Waals surface area (Å²) in [6.07, 6.45) is 8.02. The number of para-hydroxylation sites is 1. The zero-order valence-corrected chi connectivity index (χ0v) is 13.2. The van der Waals surface area contributed by atoms with Gasteiger partial charge in [-0.2, -0.15) is 0 Å². The van der Waals surface area contributed by atoms with E-state index >= 15 is 0 Å². The number of hydrogen-bond acceptors (Lipinski definition) is 3. The van der Waals surface area contributed by atoms with E-state index in [2.05, 4.69) is 34.5 Å². The number of nitrogens with zero attached hydrogens (tertiary/aromatic N) is 1. The summed E-state index contributed by atoms with van der Waals surface area (Å²) >= 11 is 0. The van der Waals surface area contributed by atoms with Crippen molar-refractivity contribution in [1.82, 2.24) is 4.90 Å². The summed E-state index contributed by atoms with van der Waals surface area (Å²) in [6, 6.07) is 9.38. The number of methoxy groups -OCH3 is 1. The minimum Gasteiger partial charge on any atom is -0.382 e. The zero-order valence-electron chi connectivity index (χ0n) is 13.2. The smallest absolute Gasteiger partial charge is 0.0590 e. The molecule has 1 aliphatic carbocycles. The van der Waals surface area contributed by atoms with Crippen LogP contribution in [0.5, 0.6) is 0 Å². The molecule has 0 radical (unpaired) electrons. The fourth-order valence-electron chi connectivity index (χ4n) is 3.69. The number of nitrogens with one attached hydrogen (secondary N) is 1. The Bertz CT molecular complexity index is 443. The highest BCUT2D eigenvalue weighted by molar-refractivity contribution is 5.51. The molecular weight excluding hydrogens is 260 g/mol. The lowest BCUT2D eigenvalue weighted by Crippen LogP contribution is -2.31. The van der Waals surface area contributed by atoms with Gasteiger partial charge >= 0.3 is 0 Å². The first kappa shape index (κ1) is 14.9. The molecule has 2 fully saturated rings. The third-order valence-corrected chi connectivity index (χ3v) is 4.93. The van der Waals surface area contributed by atoms with Gasteiger partial charge in [-0.05, 0) is 63.2 Å². The van der Waals surface area contributed by atoms with Crippen molar-refractivity contribution in [2.24, 2.45) is 0 Å². The van der Waals surface area contributed by atoms with Crippen molar-refractivity contribution in [3.63, 3.8) is 0 Å². The number of rotatable bonds is 5. The highest BCUT2D eigenvalue weighted by Gasteiger charge is 2.22. The van der Waals surface area contributed by atoms with Crippen LogP contribution in [0.3, 0.4) is 0 Å². The van der Waals surface area contributed by atoms with Crippen LogP contribution < -0.4 is 5.32 Å². The Hall–Kier alpha value is -1.06. The van der Waals surface area contributed by atoms with E-state index in [0.29, 0.717) is 12.1 Å². The second-order valence-electron chi connectivity index (χ2n) is 6.51. The molecule has 1 N–H and O–H groups in total. The minimum absolute atomic E-state index is 0.432. The molecule has 116 valence electrons. The van der Waals surface area contributed by atoms with E-state index in [1.54, 1.807) is 0 Å². The van der Waals surface area contributed by atoms with Gasteiger partial charge in [0.15, 0.2) is 0 Å². The molecule has 2 aliphatic rings. The second-order valence-corrected chi connectivity index (χ2v) is 6.51. The van der Waals surface area contributed by atoms with Crippen molar-refractivity contribution in [3.05, 3.63) is 29.8 Å². The lowest BCUT2D eigenvalue weighted by atomic mass is 9.92. The van der Waals surface area contributed by atoms with Crippen LogP contribution in [0.15, 0.2) is 24.3 Å². The quantitative estimate of drug-likeness (QED) is 0.895. The molecule has 1 saturated heterocycles. The molecule has 3 rings (SSSR count). The third kappa shape index (κ3) is 3.98. The Morgan fingerprint density at radius 1 is 1.14 bits per heavy atom. The van der Waals surface area contributed by atoms with Gasteiger partial charge in [0.2, 0.25) is 0 Å². The normalized spacial score (nSPS) is 26.9. The Morgan fingerprint density at radius 2 is 1.95 bits per heavy atom. The van der Waals surface area contributed by atoms with Gasteiger partial charge in [-0.25, -0.2) is 0 Å². The number of benzene rings is 1. The van der Waals surface area contributed by atoms with Crippen molar-refractivity contribution in [3.8, 4) is 0 Å². The van der Waals surface area contributed by atoms with Gasteiger partial charge in [-0.3, -0.25) is 4.90 Å². The largest absolute Gasteiger partial charge is 0.382 e. The summed E-state index contributed by atoms with van der Waals surface area (Å²) in [6.45, 7) is 3.59. The molecule has 3 nitrogen and oxygen atoms in total. The van der Waals surface area contributed by atoms with E-state index in [4.69, 9.17) is 4.74 Å². The van der Waals surface area contributed by atoms with E-state index in [-0.39, 0.29) is 0 Å². The number of likely N-dealkylation sites (tertiary alicyclic amines) is 1. The fourth-order valence-corrected chi connectivity index (χ4v) is 3.69. The molecule has 3 heteroatoms. The average Bonchev–Trinajstić information content (AvgIpc) is 3.02. The van der Waals surface area contributed by atoms with Gasteiger partial charge in [-0.15, -0.1) is 0 Å². The summed E-state index contributed by atoms with van der Waals surface area (Å²) in [5.74, 6) is 0. The summed E-state index contributed by atoms with van der Waals surface area (Å²) in [5.41, 5.74) is 2.77. The molecule has 0 bridgehead atoms. The third-order valence-electron chi connectivity index (χ3n) is 4.93. The zero-order chi connectivity index (χ0) is 14.5. The summed E-state index contributed by atoms with van der Waals surface area (Å²) in [4.78, 5) is 2.57. The molecule has 0 aromatic heterocycles. The molecule has 0 amide bonds. The lowest BCUT2D eigenvalue weighted by Gasteiger charge is -2.30. The lowest BCUT2D eigenvalue weighted by molar-refractivity contribution is 0.0669. The molecule has 1 aliphatic heterocycles. The molecular formula is C18H28N2O. The van der Waals surface area contributed by atoms with Crippen LogP contribution in [-0.4, -0.2) is 37.2 Å². The minimum atomic E-state index is 0.432. The Labute approximate surface area is 128 Å². The van der Waals surface area contributed by atoms with Crippen LogP contribution in [0.4, 0.5) is 5.69 Å². The van der Waals surface area contributed by atoms with Gasteiger partial charge in [0.1, 0.15) is 0 Å². The first-order valence-corrected chi connectivity index (χ1v) is 8.45. The first-order chi connectivity index (χ1) is 10.3. The summed E-state index contributed by atoms with van der Waals surface area (Å²) in [7, 11) is 1.84. The molecule has 1 aromatic carbocycles. The maximum absolute atomic E-state index is 5.55. The molecule has 1 saturated carbocycles. The van der Waals surface area contributed by atoms with Crippen LogP contribution in [0.25, 0.3) is 0 Å². The van der Waals surface area contributed by atoms with Gasteiger partial charge in [0.05, 0.1) is 6.10 Å². The predicted octanol–water partition coefficient (Wildman–Crippen LogP) is 3.65. The monoisotopic (exact) mass is 288 g/mol. The number of anilines is 1. The van der Waals surface area contributed by atoms with Crippen LogP contribution in [0.1, 0.15) is 44.1 Å². The van der Waals surface area contributed by atoms with E-state index in [9.17, 15) is 0 Å². The summed E-state index contributed by atoms with van der Waals surface area (Å²) in [5, 5.41) is 3.78. The predicted molar refractivity (Wildman–Crippen MR) is 87.6 cm³/mol.